The van der Waals surface area contributed by atoms with E-state index in [0.29, 0.717) is 11.2 Å². The number of piperidine rings is 1. The van der Waals surface area contributed by atoms with Crippen LogP contribution in [0.3, 0.4) is 0 Å². The van der Waals surface area contributed by atoms with E-state index in [0.717, 1.165) is 31.1 Å². The largest absolute Gasteiger partial charge is 0.329 e. The Bertz CT molecular complexity index is 383. The number of hydrogen-bond acceptors (Lipinski definition) is 3. The molecule has 1 saturated heterocycles. The molecule has 4 heteroatoms. The van der Waals surface area contributed by atoms with Crippen LogP contribution < -0.4 is 5.73 Å². The van der Waals surface area contributed by atoms with Crippen LogP contribution >= 0.6 is 11.6 Å². The number of nitrogens with two attached hydrogens (primary N) is 1. The van der Waals surface area contributed by atoms with E-state index < -0.39 is 0 Å². The van der Waals surface area contributed by atoms with Gasteiger partial charge in [-0.2, -0.15) is 0 Å². The SMILES string of the molecule is CCC1CCN(Cc2cccnc2Cl)C(CN)C1. The molecule has 1 aliphatic heterocycles. The number of halogens is 1. The first kappa shape index (κ1) is 13.8. The Labute approximate surface area is 114 Å². The number of likely N-dealkylation sites (tertiary alicyclic amines) is 1. The molecule has 2 atom stereocenters. The van der Waals surface area contributed by atoms with Crippen molar-refractivity contribution in [2.45, 2.75) is 38.8 Å². The van der Waals surface area contributed by atoms with Crippen molar-refractivity contribution in [2.24, 2.45) is 11.7 Å². The molecule has 0 radical (unpaired) electrons. The zero-order valence-corrected chi connectivity index (χ0v) is 11.7. The summed E-state index contributed by atoms with van der Waals surface area (Å²) >= 11 is 6.12. The Kier molecular flexibility index (Phi) is 4.98. The van der Waals surface area contributed by atoms with Gasteiger partial charge in [0, 0.05) is 30.9 Å². The molecule has 18 heavy (non-hydrogen) atoms. The lowest BCUT2D eigenvalue weighted by Gasteiger charge is -2.38. The van der Waals surface area contributed by atoms with Crippen molar-refractivity contribution in [3.63, 3.8) is 0 Å². The second-order valence-electron chi connectivity index (χ2n) is 5.11. The van der Waals surface area contributed by atoms with Gasteiger partial charge in [0.2, 0.25) is 0 Å². The van der Waals surface area contributed by atoms with Crippen LogP contribution in [0.5, 0.6) is 0 Å². The fourth-order valence-corrected chi connectivity index (χ4v) is 2.94. The number of rotatable bonds is 4. The smallest absolute Gasteiger partial charge is 0.133 e. The third-order valence-electron chi connectivity index (χ3n) is 4.01. The molecular formula is C14H22ClN3. The lowest BCUT2D eigenvalue weighted by molar-refractivity contribution is 0.107. The summed E-state index contributed by atoms with van der Waals surface area (Å²) in [5, 5.41) is 0.617. The van der Waals surface area contributed by atoms with Gasteiger partial charge in [0.05, 0.1) is 0 Å². The zero-order valence-electron chi connectivity index (χ0n) is 11.0. The minimum Gasteiger partial charge on any atom is -0.329 e. The van der Waals surface area contributed by atoms with Crippen LogP contribution in [-0.2, 0) is 6.54 Å². The molecule has 3 nitrogen and oxygen atoms in total. The maximum absolute atomic E-state index is 6.12. The van der Waals surface area contributed by atoms with Crippen LogP contribution in [0, 0.1) is 5.92 Å². The Morgan fingerprint density at radius 3 is 3.06 bits per heavy atom. The zero-order chi connectivity index (χ0) is 13.0. The fourth-order valence-electron chi connectivity index (χ4n) is 2.76. The van der Waals surface area contributed by atoms with Gasteiger partial charge in [-0.05, 0) is 31.4 Å². The summed E-state index contributed by atoms with van der Waals surface area (Å²) in [5.41, 5.74) is 7.02. The van der Waals surface area contributed by atoms with Gasteiger partial charge in [0.1, 0.15) is 5.15 Å². The van der Waals surface area contributed by atoms with Crippen molar-refractivity contribution < 1.29 is 0 Å². The van der Waals surface area contributed by atoms with Gasteiger partial charge in [-0.3, -0.25) is 4.90 Å². The first-order chi connectivity index (χ1) is 8.74. The first-order valence-corrected chi connectivity index (χ1v) is 7.15. The van der Waals surface area contributed by atoms with Crippen LogP contribution in [0.25, 0.3) is 0 Å². The minimum absolute atomic E-state index is 0.486. The molecule has 1 aromatic rings. The standard InChI is InChI=1S/C14H22ClN3/c1-2-11-5-7-18(13(8-11)9-16)10-12-4-3-6-17-14(12)15/h3-4,6,11,13H,2,5,7-10,16H2,1H3. The lowest BCUT2D eigenvalue weighted by atomic mass is 9.88. The van der Waals surface area contributed by atoms with Gasteiger partial charge in [0.15, 0.2) is 0 Å². The Morgan fingerprint density at radius 2 is 2.39 bits per heavy atom. The van der Waals surface area contributed by atoms with Crippen LogP contribution in [0.1, 0.15) is 31.7 Å². The van der Waals surface area contributed by atoms with Crippen LogP contribution in [-0.4, -0.2) is 29.0 Å². The summed E-state index contributed by atoms with van der Waals surface area (Å²) in [4.78, 5) is 6.59. The minimum atomic E-state index is 0.486. The van der Waals surface area contributed by atoms with Gasteiger partial charge in [-0.15, -0.1) is 0 Å². The molecular weight excluding hydrogens is 246 g/mol. The van der Waals surface area contributed by atoms with Crippen molar-refractivity contribution in [3.05, 3.63) is 29.0 Å². The van der Waals surface area contributed by atoms with Gasteiger partial charge in [0.25, 0.3) is 0 Å². The van der Waals surface area contributed by atoms with Crippen LogP contribution in [0.2, 0.25) is 5.15 Å². The molecule has 0 spiro atoms. The third kappa shape index (κ3) is 3.22. The molecule has 0 aliphatic carbocycles. The predicted octanol–water partition coefficient (Wildman–Crippen LogP) is 2.68. The highest BCUT2D eigenvalue weighted by Gasteiger charge is 2.26. The van der Waals surface area contributed by atoms with E-state index in [1.165, 1.54) is 19.3 Å². The van der Waals surface area contributed by atoms with E-state index >= 15 is 0 Å². The Balaban J connectivity index is 2.02. The highest BCUT2D eigenvalue weighted by atomic mass is 35.5. The predicted molar refractivity (Wildman–Crippen MR) is 75.5 cm³/mol. The lowest BCUT2D eigenvalue weighted by Crippen LogP contribution is -2.46. The number of hydrogen-bond donors (Lipinski definition) is 1. The topological polar surface area (TPSA) is 42.2 Å². The molecule has 0 bridgehead atoms. The van der Waals surface area contributed by atoms with Crippen molar-refractivity contribution in [1.82, 2.24) is 9.88 Å². The van der Waals surface area contributed by atoms with E-state index in [1.807, 2.05) is 6.07 Å². The molecule has 1 aliphatic rings. The van der Waals surface area contributed by atoms with E-state index in [1.54, 1.807) is 6.20 Å². The fraction of sp³-hybridized carbons (Fsp3) is 0.643. The molecule has 0 saturated carbocycles. The van der Waals surface area contributed by atoms with E-state index in [2.05, 4.69) is 22.9 Å². The second-order valence-corrected chi connectivity index (χ2v) is 5.47. The molecule has 2 unspecified atom stereocenters. The summed E-state index contributed by atoms with van der Waals surface area (Å²) in [6.07, 6.45) is 5.48. The normalized spacial score (nSPS) is 25.3. The number of pyridine rings is 1. The van der Waals surface area contributed by atoms with Crippen molar-refractivity contribution in [1.29, 1.82) is 0 Å². The van der Waals surface area contributed by atoms with Crippen molar-refractivity contribution in [3.8, 4) is 0 Å². The summed E-state index contributed by atoms with van der Waals surface area (Å²) in [7, 11) is 0. The van der Waals surface area contributed by atoms with E-state index in [-0.39, 0.29) is 0 Å². The number of aromatic nitrogens is 1. The second kappa shape index (κ2) is 6.50. The van der Waals surface area contributed by atoms with E-state index in [9.17, 15) is 0 Å². The molecule has 0 aromatic carbocycles. The average Bonchev–Trinajstić information content (AvgIpc) is 2.41. The summed E-state index contributed by atoms with van der Waals surface area (Å²) in [6.45, 7) is 4.98. The molecule has 2 rings (SSSR count). The highest BCUT2D eigenvalue weighted by molar-refractivity contribution is 6.30. The number of nitrogens with zero attached hydrogens (tertiary/aromatic N) is 2. The molecule has 1 fully saturated rings. The summed E-state index contributed by atoms with van der Waals surface area (Å²) in [5.74, 6) is 0.833. The quantitative estimate of drug-likeness (QED) is 0.853. The van der Waals surface area contributed by atoms with Crippen molar-refractivity contribution >= 4 is 11.6 Å². The highest BCUT2D eigenvalue weighted by Crippen LogP contribution is 2.27. The van der Waals surface area contributed by atoms with Gasteiger partial charge in [-0.1, -0.05) is 31.0 Å². The molecule has 2 heterocycles. The Hall–Kier alpha value is -0.640. The first-order valence-electron chi connectivity index (χ1n) is 6.78. The molecule has 0 amide bonds. The van der Waals surface area contributed by atoms with Crippen LogP contribution in [0.4, 0.5) is 0 Å². The maximum atomic E-state index is 6.12. The van der Waals surface area contributed by atoms with Gasteiger partial charge < -0.3 is 5.73 Å². The van der Waals surface area contributed by atoms with E-state index in [4.69, 9.17) is 17.3 Å². The molecule has 1 aromatic heterocycles. The van der Waals surface area contributed by atoms with Crippen molar-refractivity contribution in [2.75, 3.05) is 13.1 Å². The summed E-state index contributed by atoms with van der Waals surface area (Å²) < 4.78 is 0. The maximum Gasteiger partial charge on any atom is 0.133 e. The van der Waals surface area contributed by atoms with Crippen LogP contribution in [0.15, 0.2) is 18.3 Å². The van der Waals surface area contributed by atoms with Gasteiger partial charge in [-0.25, -0.2) is 4.98 Å². The Morgan fingerprint density at radius 1 is 1.56 bits per heavy atom. The van der Waals surface area contributed by atoms with Gasteiger partial charge >= 0.3 is 0 Å². The third-order valence-corrected chi connectivity index (χ3v) is 4.35. The molecule has 2 N–H and O–H groups in total. The monoisotopic (exact) mass is 267 g/mol. The average molecular weight is 268 g/mol. The molecule has 100 valence electrons. The summed E-state index contributed by atoms with van der Waals surface area (Å²) in [6, 6.07) is 4.48.